The number of anilines is 2. The van der Waals surface area contributed by atoms with Gasteiger partial charge in [0.05, 0.1) is 0 Å². The summed E-state index contributed by atoms with van der Waals surface area (Å²) in [6.07, 6.45) is 2.02. The summed E-state index contributed by atoms with van der Waals surface area (Å²) in [5.74, 6) is 0. The van der Waals surface area contributed by atoms with E-state index < -0.39 is 0 Å². The highest BCUT2D eigenvalue weighted by molar-refractivity contribution is 7.99. The summed E-state index contributed by atoms with van der Waals surface area (Å²) >= 11 is 1.72. The fourth-order valence-corrected chi connectivity index (χ4v) is 1.31. The lowest BCUT2D eigenvalue weighted by Crippen LogP contribution is -2.33. The van der Waals surface area contributed by atoms with Crippen LogP contribution in [-0.2, 0) is 0 Å². The second kappa shape index (κ2) is 6.27. The van der Waals surface area contributed by atoms with Crippen molar-refractivity contribution in [2.45, 2.75) is 12.2 Å². The highest BCUT2D eigenvalue weighted by Gasteiger charge is 2.03. The van der Waals surface area contributed by atoms with Gasteiger partial charge in [-0.15, -0.1) is 0 Å². The minimum Gasteiger partial charge on any atom is -0.399 e. The molecule has 0 heterocycles. The van der Waals surface area contributed by atoms with Crippen LogP contribution < -0.4 is 16.4 Å². The second-order valence-electron chi connectivity index (χ2n) is 3.50. The molecule has 88 valence electrons. The van der Waals surface area contributed by atoms with E-state index in [0.29, 0.717) is 17.5 Å². The van der Waals surface area contributed by atoms with Crippen molar-refractivity contribution in [2.75, 3.05) is 23.9 Å². The van der Waals surface area contributed by atoms with Crippen LogP contribution in [0.15, 0.2) is 24.3 Å². The Balaban J connectivity index is 2.37. The van der Waals surface area contributed by atoms with Gasteiger partial charge in [-0.05, 0) is 30.5 Å². The van der Waals surface area contributed by atoms with E-state index in [0.717, 1.165) is 5.69 Å². The van der Waals surface area contributed by atoms with E-state index in [2.05, 4.69) is 17.6 Å². The summed E-state index contributed by atoms with van der Waals surface area (Å²) in [7, 11) is 0. The Morgan fingerprint density at radius 1 is 1.44 bits per heavy atom. The zero-order valence-electron chi connectivity index (χ0n) is 9.49. The van der Waals surface area contributed by atoms with Gasteiger partial charge in [0, 0.05) is 23.2 Å². The SMILES string of the molecule is CSC(C)CNC(=O)Nc1ccc(N)cc1. The smallest absolute Gasteiger partial charge is 0.319 e. The maximum atomic E-state index is 11.5. The molecule has 2 amide bonds. The van der Waals surface area contributed by atoms with Crippen LogP contribution >= 0.6 is 11.8 Å². The number of nitrogens with two attached hydrogens (primary N) is 1. The Bertz CT molecular complexity index is 340. The van der Waals surface area contributed by atoms with Crippen molar-refractivity contribution in [3.63, 3.8) is 0 Å². The lowest BCUT2D eigenvalue weighted by atomic mass is 10.3. The van der Waals surface area contributed by atoms with Crippen molar-refractivity contribution < 1.29 is 4.79 Å². The molecule has 0 bridgehead atoms. The molecule has 4 nitrogen and oxygen atoms in total. The molecule has 0 aromatic heterocycles. The van der Waals surface area contributed by atoms with Gasteiger partial charge < -0.3 is 16.4 Å². The molecule has 1 aromatic carbocycles. The van der Waals surface area contributed by atoms with Crippen molar-refractivity contribution in [3.05, 3.63) is 24.3 Å². The third-order valence-corrected chi connectivity index (χ3v) is 3.09. The lowest BCUT2D eigenvalue weighted by Gasteiger charge is -2.11. The lowest BCUT2D eigenvalue weighted by molar-refractivity contribution is 0.252. The van der Waals surface area contributed by atoms with Crippen LogP contribution in [0.3, 0.4) is 0 Å². The van der Waals surface area contributed by atoms with Crippen LogP contribution in [0.1, 0.15) is 6.92 Å². The van der Waals surface area contributed by atoms with Crippen molar-refractivity contribution in [2.24, 2.45) is 0 Å². The standard InChI is InChI=1S/C11H17N3OS/c1-8(16-2)7-13-11(15)14-10-5-3-9(12)4-6-10/h3-6,8H,7,12H2,1-2H3,(H2,13,14,15). The molecule has 0 saturated heterocycles. The minimum atomic E-state index is -0.189. The van der Waals surface area contributed by atoms with Gasteiger partial charge in [0.25, 0.3) is 0 Å². The van der Waals surface area contributed by atoms with E-state index in [-0.39, 0.29) is 6.03 Å². The van der Waals surface area contributed by atoms with Crippen molar-refractivity contribution in [3.8, 4) is 0 Å². The first-order chi connectivity index (χ1) is 7.61. The van der Waals surface area contributed by atoms with E-state index in [1.807, 2.05) is 6.26 Å². The number of hydrogen-bond acceptors (Lipinski definition) is 3. The van der Waals surface area contributed by atoms with Gasteiger partial charge in [0.15, 0.2) is 0 Å². The van der Waals surface area contributed by atoms with Crippen molar-refractivity contribution >= 4 is 29.2 Å². The molecule has 0 aliphatic rings. The predicted octanol–water partition coefficient (Wildman–Crippen LogP) is 2.14. The third-order valence-electron chi connectivity index (χ3n) is 2.12. The topological polar surface area (TPSA) is 67.2 Å². The van der Waals surface area contributed by atoms with Gasteiger partial charge in [0.1, 0.15) is 0 Å². The summed E-state index contributed by atoms with van der Waals surface area (Å²) in [5.41, 5.74) is 6.96. The molecule has 1 aromatic rings. The maximum Gasteiger partial charge on any atom is 0.319 e. The van der Waals surface area contributed by atoms with Gasteiger partial charge >= 0.3 is 6.03 Å². The summed E-state index contributed by atoms with van der Waals surface area (Å²) in [5, 5.41) is 5.94. The highest BCUT2D eigenvalue weighted by Crippen LogP contribution is 2.10. The molecule has 5 heteroatoms. The molecule has 0 spiro atoms. The third kappa shape index (κ3) is 4.44. The predicted molar refractivity (Wildman–Crippen MR) is 70.9 cm³/mol. The molecular weight excluding hydrogens is 222 g/mol. The Labute approximate surface area is 100.0 Å². The number of nitrogens with one attached hydrogen (secondary N) is 2. The first-order valence-corrected chi connectivity index (χ1v) is 6.34. The molecule has 16 heavy (non-hydrogen) atoms. The van der Waals surface area contributed by atoms with Crippen LogP contribution in [0.5, 0.6) is 0 Å². The number of rotatable bonds is 4. The summed E-state index contributed by atoms with van der Waals surface area (Å²) < 4.78 is 0. The van der Waals surface area contributed by atoms with Crippen LogP contribution in [0.25, 0.3) is 0 Å². The number of nitrogen functional groups attached to an aromatic ring is 1. The van der Waals surface area contributed by atoms with E-state index in [1.54, 1.807) is 36.0 Å². The second-order valence-corrected chi connectivity index (χ2v) is 4.78. The summed E-state index contributed by atoms with van der Waals surface area (Å²) in [6, 6.07) is 6.85. The number of hydrogen-bond donors (Lipinski definition) is 3. The summed E-state index contributed by atoms with van der Waals surface area (Å²) in [4.78, 5) is 11.5. The first-order valence-electron chi connectivity index (χ1n) is 5.05. The first kappa shape index (κ1) is 12.7. The zero-order chi connectivity index (χ0) is 12.0. The molecule has 0 radical (unpaired) electrons. The molecule has 1 rings (SSSR count). The minimum absolute atomic E-state index is 0.189. The average molecular weight is 239 g/mol. The maximum absolute atomic E-state index is 11.5. The number of thioether (sulfide) groups is 1. The number of amides is 2. The van der Waals surface area contributed by atoms with E-state index >= 15 is 0 Å². The fraction of sp³-hybridized carbons (Fsp3) is 0.364. The quantitative estimate of drug-likeness (QED) is 0.705. The number of benzene rings is 1. The Hall–Kier alpha value is -1.36. The Kier molecular flexibility index (Phi) is 4.98. The van der Waals surface area contributed by atoms with Crippen molar-refractivity contribution in [1.29, 1.82) is 0 Å². The molecule has 0 aliphatic heterocycles. The number of carbonyl (C=O) groups excluding carboxylic acids is 1. The molecule has 4 N–H and O–H groups in total. The molecule has 0 fully saturated rings. The normalized spacial score (nSPS) is 11.9. The zero-order valence-corrected chi connectivity index (χ0v) is 10.3. The molecule has 0 aliphatic carbocycles. The van der Waals surface area contributed by atoms with E-state index in [9.17, 15) is 4.79 Å². The molecular formula is C11H17N3OS. The molecule has 0 saturated carbocycles. The van der Waals surface area contributed by atoms with Crippen LogP contribution in [-0.4, -0.2) is 24.1 Å². The van der Waals surface area contributed by atoms with Gasteiger partial charge in [-0.3, -0.25) is 0 Å². The summed E-state index contributed by atoms with van der Waals surface area (Å²) in [6.45, 7) is 2.72. The van der Waals surface area contributed by atoms with Crippen LogP contribution in [0, 0.1) is 0 Å². The molecule has 1 atom stereocenters. The Morgan fingerprint density at radius 3 is 2.62 bits per heavy atom. The van der Waals surface area contributed by atoms with Gasteiger partial charge in [-0.25, -0.2) is 4.79 Å². The van der Waals surface area contributed by atoms with Crippen molar-refractivity contribution in [1.82, 2.24) is 5.32 Å². The number of carbonyl (C=O) groups is 1. The monoisotopic (exact) mass is 239 g/mol. The van der Waals surface area contributed by atoms with Gasteiger partial charge in [-0.1, -0.05) is 6.92 Å². The highest BCUT2D eigenvalue weighted by atomic mass is 32.2. The van der Waals surface area contributed by atoms with E-state index in [4.69, 9.17) is 5.73 Å². The Morgan fingerprint density at radius 2 is 2.06 bits per heavy atom. The van der Waals surface area contributed by atoms with Gasteiger partial charge in [-0.2, -0.15) is 11.8 Å². The fourth-order valence-electron chi connectivity index (χ4n) is 1.06. The van der Waals surface area contributed by atoms with Gasteiger partial charge in [0.2, 0.25) is 0 Å². The number of urea groups is 1. The van der Waals surface area contributed by atoms with Crippen LogP contribution in [0.4, 0.5) is 16.2 Å². The molecule has 1 unspecified atom stereocenters. The largest absolute Gasteiger partial charge is 0.399 e. The van der Waals surface area contributed by atoms with E-state index in [1.165, 1.54) is 0 Å². The van der Waals surface area contributed by atoms with Crippen LogP contribution in [0.2, 0.25) is 0 Å². The average Bonchev–Trinajstić information content (AvgIpc) is 2.29.